The van der Waals surface area contributed by atoms with Gasteiger partial charge in [0.25, 0.3) is 0 Å². The first kappa shape index (κ1) is 18.7. The van der Waals surface area contributed by atoms with Crippen molar-refractivity contribution < 1.29 is 19.0 Å². The van der Waals surface area contributed by atoms with E-state index in [1.54, 1.807) is 24.3 Å². The zero-order valence-electron chi connectivity index (χ0n) is 14.3. The minimum absolute atomic E-state index is 0.276. The Kier molecular flexibility index (Phi) is 6.71. The molecule has 0 aliphatic rings. The Bertz CT molecular complexity index is 723. The Hall–Kier alpha value is -2.67. The molecule has 8 heteroatoms. The Morgan fingerprint density at radius 1 is 1.24 bits per heavy atom. The number of hydrogen-bond donors (Lipinski definition) is 2. The number of nitrogens with zero attached hydrogens (tertiary/aromatic N) is 1. The molecule has 0 saturated carbocycles. The number of pyridine rings is 1. The normalized spacial score (nSPS) is 10.1. The van der Waals surface area contributed by atoms with Crippen LogP contribution in [0.4, 0.5) is 10.5 Å². The lowest BCUT2D eigenvalue weighted by Gasteiger charge is -2.14. The first-order valence-electron chi connectivity index (χ1n) is 7.61. The maximum Gasteiger partial charge on any atom is 0.319 e. The second-order valence-electron chi connectivity index (χ2n) is 4.94. The number of hydrogen-bond acceptors (Lipinski definition) is 5. The van der Waals surface area contributed by atoms with E-state index >= 15 is 0 Å². The van der Waals surface area contributed by atoms with Crippen LogP contribution in [0.1, 0.15) is 12.5 Å². The molecule has 1 heterocycles. The standard InChI is InChI=1S/C17H20ClN3O4/c1-4-25-16-13(18)7-11(8-14(16)23-2)9-20-17(22)21-12-5-6-15(24-3)19-10-12/h5-8,10H,4,9H2,1-3H3,(H2,20,21,22). The topological polar surface area (TPSA) is 81.7 Å². The van der Waals surface area contributed by atoms with Crippen molar-refractivity contribution in [2.45, 2.75) is 13.5 Å². The van der Waals surface area contributed by atoms with Crippen LogP contribution in [0, 0.1) is 0 Å². The number of aromatic nitrogens is 1. The zero-order chi connectivity index (χ0) is 18.2. The number of ether oxygens (including phenoxy) is 3. The molecule has 2 rings (SSSR count). The van der Waals surface area contributed by atoms with E-state index in [0.29, 0.717) is 34.7 Å². The molecule has 0 aliphatic heterocycles. The smallest absolute Gasteiger partial charge is 0.319 e. The monoisotopic (exact) mass is 365 g/mol. The second kappa shape index (κ2) is 8.98. The molecule has 0 saturated heterocycles. The summed E-state index contributed by atoms with van der Waals surface area (Å²) in [5.74, 6) is 1.48. The third kappa shape index (κ3) is 5.15. The number of urea groups is 1. The van der Waals surface area contributed by atoms with Crippen LogP contribution in [0.2, 0.25) is 5.02 Å². The van der Waals surface area contributed by atoms with Crippen molar-refractivity contribution in [3.63, 3.8) is 0 Å². The first-order valence-corrected chi connectivity index (χ1v) is 7.99. The predicted octanol–water partition coefficient (Wildman–Crippen LogP) is 3.47. The summed E-state index contributed by atoms with van der Waals surface area (Å²) in [5.41, 5.74) is 1.34. The number of benzene rings is 1. The summed E-state index contributed by atoms with van der Waals surface area (Å²) < 4.78 is 15.7. The lowest BCUT2D eigenvalue weighted by atomic mass is 10.2. The average molecular weight is 366 g/mol. The number of rotatable bonds is 7. The molecule has 1 aromatic heterocycles. The van der Waals surface area contributed by atoms with E-state index in [4.69, 9.17) is 25.8 Å². The van der Waals surface area contributed by atoms with Crippen molar-refractivity contribution in [2.75, 3.05) is 26.1 Å². The van der Waals surface area contributed by atoms with Crippen LogP contribution >= 0.6 is 11.6 Å². The number of amides is 2. The molecule has 2 amide bonds. The van der Waals surface area contributed by atoms with Crippen molar-refractivity contribution in [3.8, 4) is 17.4 Å². The fraction of sp³-hybridized carbons (Fsp3) is 0.294. The Morgan fingerprint density at radius 2 is 2.04 bits per heavy atom. The highest BCUT2D eigenvalue weighted by molar-refractivity contribution is 6.32. The molecule has 134 valence electrons. The zero-order valence-corrected chi connectivity index (χ0v) is 15.0. The maximum absolute atomic E-state index is 12.0. The van der Waals surface area contributed by atoms with Gasteiger partial charge in [-0.1, -0.05) is 11.6 Å². The molecule has 0 spiro atoms. The van der Waals surface area contributed by atoms with Crippen molar-refractivity contribution in [1.29, 1.82) is 0 Å². The van der Waals surface area contributed by atoms with E-state index < -0.39 is 0 Å². The highest BCUT2D eigenvalue weighted by Gasteiger charge is 2.12. The average Bonchev–Trinajstić information content (AvgIpc) is 2.62. The van der Waals surface area contributed by atoms with Crippen LogP contribution in [-0.2, 0) is 6.54 Å². The second-order valence-corrected chi connectivity index (χ2v) is 5.35. The molecule has 0 fully saturated rings. The van der Waals surface area contributed by atoms with Crippen LogP contribution in [0.5, 0.6) is 17.4 Å². The number of carbonyl (C=O) groups excluding carboxylic acids is 1. The fourth-order valence-corrected chi connectivity index (χ4v) is 2.38. The summed E-state index contributed by atoms with van der Waals surface area (Å²) in [4.78, 5) is 16.0. The molecule has 0 bridgehead atoms. The third-order valence-corrected chi connectivity index (χ3v) is 3.52. The molecular weight excluding hydrogens is 346 g/mol. The summed E-state index contributed by atoms with van der Waals surface area (Å²) in [6.45, 7) is 2.62. The molecule has 0 radical (unpaired) electrons. The SMILES string of the molecule is CCOc1c(Cl)cc(CNC(=O)Nc2ccc(OC)nc2)cc1OC. The number of anilines is 1. The number of halogens is 1. The van der Waals surface area contributed by atoms with Crippen LogP contribution < -0.4 is 24.8 Å². The van der Waals surface area contributed by atoms with Gasteiger partial charge in [0, 0.05) is 12.6 Å². The van der Waals surface area contributed by atoms with Gasteiger partial charge in [-0.05, 0) is 30.7 Å². The van der Waals surface area contributed by atoms with E-state index in [0.717, 1.165) is 5.56 Å². The number of nitrogens with one attached hydrogen (secondary N) is 2. The van der Waals surface area contributed by atoms with Crippen molar-refractivity contribution in [1.82, 2.24) is 10.3 Å². The molecule has 0 atom stereocenters. The van der Waals surface area contributed by atoms with E-state index in [1.165, 1.54) is 20.4 Å². The molecular formula is C17H20ClN3O4. The number of carbonyl (C=O) groups is 1. The summed E-state index contributed by atoms with van der Waals surface area (Å²) in [6.07, 6.45) is 1.51. The van der Waals surface area contributed by atoms with Gasteiger partial charge in [-0.25, -0.2) is 9.78 Å². The Balaban J connectivity index is 1.97. The third-order valence-electron chi connectivity index (χ3n) is 3.23. The summed E-state index contributed by atoms with van der Waals surface area (Å²) >= 11 is 6.21. The molecule has 2 aromatic rings. The molecule has 0 aliphatic carbocycles. The number of methoxy groups -OCH3 is 2. The van der Waals surface area contributed by atoms with Crippen molar-refractivity contribution in [2.24, 2.45) is 0 Å². The van der Waals surface area contributed by atoms with Gasteiger partial charge >= 0.3 is 6.03 Å². The van der Waals surface area contributed by atoms with Crippen LogP contribution in [0.3, 0.4) is 0 Å². The highest BCUT2D eigenvalue weighted by atomic mass is 35.5. The maximum atomic E-state index is 12.0. The van der Waals surface area contributed by atoms with Crippen LogP contribution in [-0.4, -0.2) is 31.8 Å². The van der Waals surface area contributed by atoms with Gasteiger partial charge in [-0.3, -0.25) is 0 Å². The van der Waals surface area contributed by atoms with Crippen molar-refractivity contribution in [3.05, 3.63) is 41.0 Å². The van der Waals surface area contributed by atoms with Crippen LogP contribution in [0.25, 0.3) is 0 Å². The Morgan fingerprint density at radius 3 is 2.64 bits per heavy atom. The van der Waals surface area contributed by atoms with Gasteiger partial charge in [0.05, 0.1) is 37.7 Å². The summed E-state index contributed by atoms with van der Waals surface area (Å²) in [6, 6.07) is 6.49. The lowest BCUT2D eigenvalue weighted by Crippen LogP contribution is -2.28. The quantitative estimate of drug-likeness (QED) is 0.785. The van der Waals surface area contributed by atoms with E-state index in [-0.39, 0.29) is 12.6 Å². The molecule has 1 aromatic carbocycles. The van der Waals surface area contributed by atoms with E-state index in [1.807, 2.05) is 6.92 Å². The van der Waals surface area contributed by atoms with E-state index in [9.17, 15) is 4.79 Å². The molecule has 7 nitrogen and oxygen atoms in total. The van der Waals surface area contributed by atoms with Gasteiger partial charge in [0.2, 0.25) is 5.88 Å². The summed E-state index contributed by atoms with van der Waals surface area (Å²) in [7, 11) is 3.06. The van der Waals surface area contributed by atoms with Gasteiger partial charge in [-0.15, -0.1) is 0 Å². The van der Waals surface area contributed by atoms with Crippen molar-refractivity contribution >= 4 is 23.3 Å². The molecule has 2 N–H and O–H groups in total. The minimum Gasteiger partial charge on any atom is -0.493 e. The minimum atomic E-state index is -0.365. The highest BCUT2D eigenvalue weighted by Crippen LogP contribution is 2.36. The molecule has 25 heavy (non-hydrogen) atoms. The predicted molar refractivity (Wildman–Crippen MR) is 95.8 cm³/mol. The van der Waals surface area contributed by atoms with Gasteiger partial charge in [0.1, 0.15) is 0 Å². The fourth-order valence-electron chi connectivity index (χ4n) is 2.09. The Labute approximate surface area is 151 Å². The van der Waals surface area contributed by atoms with Gasteiger partial charge in [-0.2, -0.15) is 0 Å². The largest absolute Gasteiger partial charge is 0.493 e. The summed E-state index contributed by atoms with van der Waals surface area (Å²) in [5, 5.41) is 5.85. The van der Waals surface area contributed by atoms with Gasteiger partial charge < -0.3 is 24.8 Å². The van der Waals surface area contributed by atoms with Crippen LogP contribution in [0.15, 0.2) is 30.5 Å². The van der Waals surface area contributed by atoms with E-state index in [2.05, 4.69) is 15.6 Å². The van der Waals surface area contributed by atoms with Gasteiger partial charge in [0.15, 0.2) is 11.5 Å². The molecule has 0 unspecified atom stereocenters. The first-order chi connectivity index (χ1) is 12.1. The lowest BCUT2D eigenvalue weighted by molar-refractivity contribution is 0.251.